The van der Waals surface area contributed by atoms with Gasteiger partial charge in [0.1, 0.15) is 0 Å². The molecule has 1 aromatic rings. The van der Waals surface area contributed by atoms with Crippen molar-refractivity contribution in [1.29, 1.82) is 5.41 Å². The van der Waals surface area contributed by atoms with Crippen LogP contribution in [-0.2, 0) is 11.2 Å². The fourth-order valence-electron chi connectivity index (χ4n) is 1.69. The second-order valence-electron chi connectivity index (χ2n) is 4.30. The van der Waals surface area contributed by atoms with Gasteiger partial charge in [-0.15, -0.1) is 0 Å². The first-order valence-electron chi connectivity index (χ1n) is 6.54. The smallest absolute Gasteiger partial charge is 0.194 e. The molecule has 0 bridgehead atoms. The van der Waals surface area contributed by atoms with Crippen molar-refractivity contribution in [2.75, 3.05) is 26.8 Å². The summed E-state index contributed by atoms with van der Waals surface area (Å²) in [5.74, 6) is -0.0861. The lowest BCUT2D eigenvalue weighted by molar-refractivity contribution is 0.203. The molecule has 0 atom stereocenters. The fourth-order valence-corrected chi connectivity index (χ4v) is 2.20. The van der Waals surface area contributed by atoms with Gasteiger partial charge in [0.05, 0.1) is 17.3 Å². The predicted molar refractivity (Wildman–Crippen MR) is 88.7 cm³/mol. The van der Waals surface area contributed by atoms with E-state index in [4.69, 9.17) is 39.7 Å². The molecule has 1 heterocycles. The number of ether oxygens (including phenoxy) is 1. The van der Waals surface area contributed by atoms with E-state index in [0.29, 0.717) is 36.3 Å². The number of aromatic nitrogens is 1. The number of halogens is 1. The van der Waals surface area contributed by atoms with Crippen molar-refractivity contribution in [3.8, 4) is 0 Å². The summed E-state index contributed by atoms with van der Waals surface area (Å²) in [6.45, 7) is 1.64. The molecule has 0 aliphatic carbocycles. The number of methoxy groups -OCH3 is 1. The molecule has 116 valence electrons. The van der Waals surface area contributed by atoms with Crippen LogP contribution in [0, 0.1) is 5.41 Å². The molecule has 4 N–H and O–H groups in total. The average Bonchev–Trinajstić information content (AvgIpc) is 2.45. The molecule has 0 aliphatic heterocycles. The van der Waals surface area contributed by atoms with E-state index in [2.05, 4.69) is 10.3 Å². The third-order valence-corrected chi connectivity index (χ3v) is 3.46. The Hall–Kier alpha value is -1.44. The van der Waals surface area contributed by atoms with Crippen LogP contribution in [0.5, 0.6) is 0 Å². The van der Waals surface area contributed by atoms with Gasteiger partial charge >= 0.3 is 0 Å². The quantitative estimate of drug-likeness (QED) is 0.303. The van der Waals surface area contributed by atoms with Crippen LogP contribution in [0.15, 0.2) is 18.3 Å². The molecular formula is C13H20ClN5OS. The zero-order valence-electron chi connectivity index (χ0n) is 11.9. The lowest BCUT2D eigenvalue weighted by atomic mass is 10.2. The Balaban J connectivity index is 2.46. The van der Waals surface area contributed by atoms with E-state index >= 15 is 0 Å². The predicted octanol–water partition coefficient (Wildman–Crippen LogP) is 1.38. The maximum Gasteiger partial charge on any atom is 0.194 e. The molecule has 1 rings (SSSR count). The number of nitrogens with two attached hydrogens (primary N) is 1. The van der Waals surface area contributed by atoms with Crippen LogP contribution >= 0.6 is 23.8 Å². The minimum Gasteiger partial charge on any atom is -0.383 e. The van der Waals surface area contributed by atoms with E-state index in [1.165, 1.54) is 0 Å². The van der Waals surface area contributed by atoms with Gasteiger partial charge in [0.25, 0.3) is 0 Å². The number of pyridine rings is 1. The van der Waals surface area contributed by atoms with Gasteiger partial charge < -0.3 is 15.8 Å². The third-order valence-electron chi connectivity index (χ3n) is 2.75. The molecule has 8 heteroatoms. The molecule has 6 nitrogen and oxygen atoms in total. The van der Waals surface area contributed by atoms with E-state index < -0.39 is 0 Å². The summed E-state index contributed by atoms with van der Waals surface area (Å²) < 4.78 is 4.94. The molecule has 0 aromatic carbocycles. The number of hydrogen-bond donors (Lipinski definition) is 3. The van der Waals surface area contributed by atoms with E-state index in [1.807, 2.05) is 6.07 Å². The molecule has 0 aliphatic rings. The first-order valence-corrected chi connectivity index (χ1v) is 7.32. The second-order valence-corrected chi connectivity index (χ2v) is 5.09. The van der Waals surface area contributed by atoms with Crippen molar-refractivity contribution in [2.24, 2.45) is 5.73 Å². The summed E-state index contributed by atoms with van der Waals surface area (Å²) in [4.78, 5) is 5.77. The number of aryl methyl sites for hydroxylation is 1. The van der Waals surface area contributed by atoms with Gasteiger partial charge in [-0.05, 0) is 37.2 Å². The van der Waals surface area contributed by atoms with Crippen molar-refractivity contribution in [3.05, 3.63) is 29.0 Å². The van der Waals surface area contributed by atoms with Gasteiger partial charge in [-0.1, -0.05) is 11.6 Å². The lowest BCUT2D eigenvalue weighted by Gasteiger charge is -2.23. The molecule has 0 unspecified atom stereocenters. The number of thiocarbonyl (C=S) groups is 1. The minimum absolute atomic E-state index is 0.0861. The SMILES string of the molecule is COCCNC(=S)N(CCCc1ncccc1Cl)C(=N)N. The zero-order valence-corrected chi connectivity index (χ0v) is 13.5. The number of guanidine groups is 1. The summed E-state index contributed by atoms with van der Waals surface area (Å²) in [6.07, 6.45) is 3.15. The molecule has 0 saturated carbocycles. The van der Waals surface area contributed by atoms with Gasteiger partial charge in [-0.25, -0.2) is 0 Å². The van der Waals surface area contributed by atoms with Crippen LogP contribution in [0.2, 0.25) is 5.02 Å². The highest BCUT2D eigenvalue weighted by molar-refractivity contribution is 7.80. The van der Waals surface area contributed by atoms with Crippen LogP contribution in [0.25, 0.3) is 0 Å². The van der Waals surface area contributed by atoms with Crippen LogP contribution in [-0.4, -0.2) is 47.8 Å². The first-order chi connectivity index (χ1) is 10.1. The number of nitrogens with zero attached hydrogens (tertiary/aromatic N) is 2. The minimum atomic E-state index is -0.0861. The molecule has 0 amide bonds. The topological polar surface area (TPSA) is 87.3 Å². The molecule has 0 saturated heterocycles. The van der Waals surface area contributed by atoms with E-state index in [0.717, 1.165) is 12.1 Å². The first kappa shape index (κ1) is 17.6. The van der Waals surface area contributed by atoms with Crippen LogP contribution in [0.1, 0.15) is 12.1 Å². The van der Waals surface area contributed by atoms with Crippen LogP contribution in [0.4, 0.5) is 0 Å². The summed E-state index contributed by atoms with van der Waals surface area (Å²) in [5, 5.41) is 11.7. The molecule has 0 radical (unpaired) electrons. The van der Waals surface area contributed by atoms with Crippen molar-refractivity contribution in [3.63, 3.8) is 0 Å². The Bertz CT molecular complexity index is 485. The number of nitrogens with one attached hydrogen (secondary N) is 2. The van der Waals surface area contributed by atoms with Crippen molar-refractivity contribution in [1.82, 2.24) is 15.2 Å². The van der Waals surface area contributed by atoms with Crippen LogP contribution in [0.3, 0.4) is 0 Å². The number of hydrogen-bond acceptors (Lipinski definition) is 4. The van der Waals surface area contributed by atoms with Gasteiger partial charge in [0.2, 0.25) is 0 Å². The Kier molecular flexibility index (Phi) is 7.96. The van der Waals surface area contributed by atoms with Crippen molar-refractivity contribution < 1.29 is 4.74 Å². The standard InChI is InChI=1S/C13H20ClN5OS/c1-20-9-7-18-13(21)19(12(15)16)8-3-5-11-10(14)4-2-6-17-11/h2,4,6H,3,5,7-9H2,1H3,(H3,15,16)(H,18,21). The summed E-state index contributed by atoms with van der Waals surface area (Å²) >= 11 is 11.3. The zero-order chi connectivity index (χ0) is 15.7. The van der Waals surface area contributed by atoms with Gasteiger partial charge in [-0.2, -0.15) is 0 Å². The second kappa shape index (κ2) is 9.49. The van der Waals surface area contributed by atoms with Gasteiger partial charge in [-0.3, -0.25) is 15.3 Å². The molecule has 1 aromatic heterocycles. The highest BCUT2D eigenvalue weighted by atomic mass is 35.5. The van der Waals surface area contributed by atoms with Crippen molar-refractivity contribution in [2.45, 2.75) is 12.8 Å². The number of rotatable bonds is 7. The molecule has 0 spiro atoms. The maximum atomic E-state index is 7.59. The summed E-state index contributed by atoms with van der Waals surface area (Å²) in [6, 6.07) is 3.60. The van der Waals surface area contributed by atoms with Crippen molar-refractivity contribution >= 4 is 34.9 Å². The van der Waals surface area contributed by atoms with E-state index in [1.54, 1.807) is 24.3 Å². The van der Waals surface area contributed by atoms with Gasteiger partial charge in [0, 0.05) is 26.4 Å². The Morgan fingerprint density at radius 3 is 3.00 bits per heavy atom. The fraction of sp³-hybridized carbons (Fsp3) is 0.462. The summed E-state index contributed by atoms with van der Waals surface area (Å²) in [5.41, 5.74) is 6.39. The van der Waals surface area contributed by atoms with E-state index in [9.17, 15) is 0 Å². The monoisotopic (exact) mass is 329 g/mol. The Labute approximate surface area is 135 Å². The van der Waals surface area contributed by atoms with E-state index in [-0.39, 0.29) is 5.96 Å². The molecule has 0 fully saturated rings. The normalized spacial score (nSPS) is 10.2. The Morgan fingerprint density at radius 1 is 1.62 bits per heavy atom. The highest BCUT2D eigenvalue weighted by Gasteiger charge is 2.12. The van der Waals surface area contributed by atoms with Gasteiger partial charge in [0.15, 0.2) is 11.1 Å². The third kappa shape index (κ3) is 6.24. The average molecular weight is 330 g/mol. The summed E-state index contributed by atoms with van der Waals surface area (Å²) in [7, 11) is 1.62. The van der Waals surface area contributed by atoms with Crippen LogP contribution < -0.4 is 11.1 Å². The molecule has 21 heavy (non-hydrogen) atoms. The molecular weight excluding hydrogens is 310 g/mol. The highest BCUT2D eigenvalue weighted by Crippen LogP contribution is 2.13. The maximum absolute atomic E-state index is 7.59. The largest absolute Gasteiger partial charge is 0.383 e. The lowest BCUT2D eigenvalue weighted by Crippen LogP contribution is -2.47. The Morgan fingerprint density at radius 2 is 2.38 bits per heavy atom.